The normalized spacial score (nSPS) is 28.8. The van der Waals surface area contributed by atoms with E-state index in [0.717, 1.165) is 12.3 Å². The summed E-state index contributed by atoms with van der Waals surface area (Å²) in [6.45, 7) is 34.1. The molecule has 8 aliphatic rings. The lowest BCUT2D eigenvalue weighted by Gasteiger charge is -2.64. The minimum Gasteiger partial charge on any atom is -0.480 e. The Bertz CT molecular complexity index is 2240. The average Bonchev–Trinajstić information content (AvgIpc) is 2.04. The Morgan fingerprint density at radius 3 is 1.11 bits per heavy atom. The second kappa shape index (κ2) is 32.2. The highest BCUT2D eigenvalue weighted by Gasteiger charge is 2.69. The van der Waals surface area contributed by atoms with E-state index >= 15 is 0 Å². The number of carbonyl (C=O) groups excluding carboxylic acids is 6. The summed E-state index contributed by atoms with van der Waals surface area (Å²) in [4.78, 5) is 89.7. The van der Waals surface area contributed by atoms with Crippen molar-refractivity contribution in [2.75, 3.05) is 0 Å². The quantitative estimate of drug-likeness (QED) is 0.0572. The number of nitrogens with one attached hydrogen (secondary N) is 9. The number of carboxylic acids is 2. The van der Waals surface area contributed by atoms with Crippen molar-refractivity contribution in [1.29, 1.82) is 0 Å². The molecule has 32 heteroatoms. The SMILES string of the molecule is CC(C)B1O[C@@H]2C[C@@H]3C[C@@H](C3(C)C)[C@]2(C)O1.CC(N)C(=O)NC(C)C(=O)O.CC(NC(=O)C(C)NP)C(=O)O.CC(NP)C(=O)NC(C)C(=O)N[C@@H](C)B(O)O.CC(NP)C(=O)NC(C)C(=O)N[C@@H](C)B1O[C@@H]2C[C@@H]3C[C@@H](C3(C)C)[C@]2(C)O1. The topological polar surface area (TPSA) is 389 Å². The van der Waals surface area contributed by atoms with Crippen molar-refractivity contribution in [3.05, 3.63) is 0 Å². The van der Waals surface area contributed by atoms with E-state index in [-0.39, 0.29) is 65.5 Å². The van der Waals surface area contributed by atoms with Crippen LogP contribution in [0.3, 0.4) is 0 Å². The lowest BCUT2D eigenvalue weighted by Crippen LogP contribution is -2.65. The largest absolute Gasteiger partial charge is 0.481 e. The maximum Gasteiger partial charge on any atom is 0.481 e. The van der Waals surface area contributed by atoms with Gasteiger partial charge in [0.05, 0.1) is 59.5 Å². The molecule has 2 saturated heterocycles. The van der Waals surface area contributed by atoms with Crippen LogP contribution in [0.5, 0.6) is 0 Å². The molecular weight excluding hydrogens is 1130 g/mol. The van der Waals surface area contributed by atoms with Gasteiger partial charge in [-0.3, -0.25) is 53.6 Å². The summed E-state index contributed by atoms with van der Waals surface area (Å²) in [5, 5.41) is 57.5. The van der Waals surface area contributed by atoms with Gasteiger partial charge in [0.1, 0.15) is 24.2 Å². The average molecular weight is 1230 g/mol. The van der Waals surface area contributed by atoms with Gasteiger partial charge in [0.2, 0.25) is 35.4 Å². The van der Waals surface area contributed by atoms with E-state index < -0.39 is 86.2 Å². The van der Waals surface area contributed by atoms with Gasteiger partial charge in [0.25, 0.3) is 0 Å². The lowest BCUT2D eigenvalue weighted by atomic mass is 9.43. The van der Waals surface area contributed by atoms with Crippen LogP contribution < -0.4 is 52.9 Å². The molecule has 11 unspecified atom stereocenters. The number of aliphatic carboxylic acids is 2. The summed E-state index contributed by atoms with van der Waals surface area (Å²) >= 11 is 0. The van der Waals surface area contributed by atoms with E-state index in [4.69, 9.17) is 44.6 Å². The fourth-order valence-electron chi connectivity index (χ4n) is 11.0. The van der Waals surface area contributed by atoms with Gasteiger partial charge in [-0.1, -0.05) is 69.7 Å². The van der Waals surface area contributed by atoms with Crippen molar-refractivity contribution in [3.8, 4) is 0 Å². The Kier molecular flexibility index (Phi) is 29.4. The first-order valence-electron chi connectivity index (χ1n) is 28.5. The molecule has 0 radical (unpaired) electrons. The van der Waals surface area contributed by atoms with Gasteiger partial charge in [0, 0.05) is 0 Å². The second-order valence-electron chi connectivity index (χ2n) is 25.0. The van der Waals surface area contributed by atoms with Crippen LogP contribution in [0.1, 0.15) is 150 Å². The number of carbonyl (C=O) groups is 8. The molecule has 0 spiro atoms. The predicted octanol–water partition coefficient (Wildman–Crippen LogP) is 0.199. The van der Waals surface area contributed by atoms with Crippen molar-refractivity contribution in [2.45, 2.75) is 240 Å². The number of hydrogen-bond donors (Lipinski definition) is 14. The summed E-state index contributed by atoms with van der Waals surface area (Å²) in [6.07, 6.45) is 5.18. The molecule has 4 bridgehead atoms. The van der Waals surface area contributed by atoms with E-state index in [1.807, 2.05) is 6.92 Å². The third-order valence-electron chi connectivity index (χ3n) is 17.4. The van der Waals surface area contributed by atoms with Crippen molar-refractivity contribution < 1.29 is 77.2 Å². The minimum atomic E-state index is -1.63. The lowest BCUT2D eigenvalue weighted by molar-refractivity contribution is -0.199. The number of rotatable bonds is 20. The third-order valence-corrected chi connectivity index (χ3v) is 18.9. The summed E-state index contributed by atoms with van der Waals surface area (Å²) < 4.78 is 25.0. The monoisotopic (exact) mass is 1230 g/mol. The Morgan fingerprint density at radius 1 is 0.482 bits per heavy atom. The molecule has 83 heavy (non-hydrogen) atoms. The summed E-state index contributed by atoms with van der Waals surface area (Å²) in [6, 6.07) is -5.00. The number of hydrogen-bond acceptors (Lipinski definition) is 18. The van der Waals surface area contributed by atoms with Gasteiger partial charge in [-0.05, 0) is 149 Å². The Hall–Kier alpha value is -3.16. The molecule has 21 atom stereocenters. The van der Waals surface area contributed by atoms with Gasteiger partial charge in [-0.25, -0.2) is 0 Å². The van der Waals surface area contributed by atoms with Crippen LogP contribution in [0.25, 0.3) is 0 Å². The van der Waals surface area contributed by atoms with Gasteiger partial charge in [-0.2, -0.15) is 0 Å². The maximum atomic E-state index is 12.5. The Balaban J connectivity index is 0.000000370. The molecule has 8 rings (SSSR count). The van der Waals surface area contributed by atoms with Crippen LogP contribution in [0.2, 0.25) is 5.82 Å². The molecule has 6 amide bonds. The van der Waals surface area contributed by atoms with E-state index in [1.54, 1.807) is 27.7 Å². The highest BCUT2D eigenvalue weighted by Crippen LogP contribution is 2.67. The highest BCUT2D eigenvalue weighted by molar-refractivity contribution is 7.14. The number of carboxylic acid groups (broad SMARTS) is 2. The van der Waals surface area contributed by atoms with E-state index in [1.165, 1.54) is 53.9 Å². The molecule has 474 valence electrons. The van der Waals surface area contributed by atoms with Gasteiger partial charge in [0.15, 0.2) is 0 Å². The molecule has 2 heterocycles. The van der Waals surface area contributed by atoms with Crippen molar-refractivity contribution >= 4 is 96.9 Å². The molecule has 26 nitrogen and oxygen atoms in total. The van der Waals surface area contributed by atoms with Crippen molar-refractivity contribution in [3.63, 3.8) is 0 Å². The molecule has 15 N–H and O–H groups in total. The Labute approximate surface area is 499 Å². The van der Waals surface area contributed by atoms with Crippen LogP contribution in [0.15, 0.2) is 0 Å². The zero-order valence-corrected chi connectivity index (χ0v) is 55.3. The van der Waals surface area contributed by atoms with Gasteiger partial charge in [-0.15, -0.1) is 0 Å². The molecular formula is C51H100B3N10O16P3. The first-order chi connectivity index (χ1) is 38.1. The van der Waals surface area contributed by atoms with Crippen LogP contribution >= 0.6 is 28.2 Å². The zero-order chi connectivity index (χ0) is 64.2. The third kappa shape index (κ3) is 19.9. The fourth-order valence-corrected chi connectivity index (χ4v) is 11.4. The van der Waals surface area contributed by atoms with Gasteiger partial charge >= 0.3 is 33.3 Å². The van der Waals surface area contributed by atoms with Crippen LogP contribution in [-0.4, -0.2) is 173 Å². The molecule has 2 aliphatic heterocycles. The summed E-state index contributed by atoms with van der Waals surface area (Å²) in [7, 11) is 4.62. The van der Waals surface area contributed by atoms with Gasteiger partial charge < -0.3 is 76.5 Å². The molecule has 0 aromatic rings. The number of amides is 6. The minimum absolute atomic E-state index is 0.0187. The van der Waals surface area contributed by atoms with Crippen LogP contribution in [-0.2, 0) is 57.0 Å². The predicted molar refractivity (Wildman–Crippen MR) is 327 cm³/mol. The van der Waals surface area contributed by atoms with E-state index in [0.29, 0.717) is 35.1 Å². The summed E-state index contributed by atoms with van der Waals surface area (Å²) in [5.74, 6) is -2.08. The molecule has 8 fully saturated rings. The molecule has 0 aromatic heterocycles. The van der Waals surface area contributed by atoms with E-state index in [9.17, 15) is 38.4 Å². The first-order valence-corrected chi connectivity index (χ1v) is 30.3. The highest BCUT2D eigenvalue weighted by atomic mass is 31.0. The Morgan fingerprint density at radius 2 is 0.795 bits per heavy atom. The smallest absolute Gasteiger partial charge is 0.480 e. The molecule has 6 saturated carbocycles. The molecule has 6 aliphatic carbocycles. The van der Waals surface area contributed by atoms with Crippen LogP contribution in [0.4, 0.5) is 0 Å². The molecule has 0 aromatic carbocycles. The number of nitrogens with two attached hydrogens (primary N) is 1. The van der Waals surface area contributed by atoms with Crippen LogP contribution in [0, 0.1) is 34.5 Å². The fraction of sp³-hybridized carbons (Fsp3) is 0.843. The van der Waals surface area contributed by atoms with E-state index in [2.05, 4.69) is 131 Å². The maximum absolute atomic E-state index is 12.5. The summed E-state index contributed by atoms with van der Waals surface area (Å²) in [5.41, 5.74) is 5.62. The second-order valence-corrected chi connectivity index (χ2v) is 26.0. The van der Waals surface area contributed by atoms with Crippen molar-refractivity contribution in [2.24, 2.45) is 40.2 Å². The zero-order valence-electron chi connectivity index (χ0n) is 51.9. The first kappa shape index (κ1) is 75.9. The van der Waals surface area contributed by atoms with Crippen molar-refractivity contribution in [1.82, 2.24) is 47.2 Å². The standard InChI is InChI=1S/C18H33BN3O4P.C13H23BO2.C8H19BN3O4P.C6H13N2O3P.C6H12N2O3/c1-9(20-16(24)10(2)22-27)15(23)21-11(3)19-25-14-8-12-7-13(17(12,4)5)18(14,6)26-19;1-8(2)14-15-11-7-9-6-10(12(9,3)4)13(11,5)16-14;1-4(10-8(14)5(2)12-17)7(13)11-6(3)9(15)16;1-3(8-12)5(9)7-4(2)6(10)11;1-3(7)5(9)8-4(2)6(10)11/h9-14,22H,7-8,27H2,1-6H3,(H,20,24)(H,21,23);8-11H,6-7H2,1-5H3;4-6,12,15-16H,17H2,1-3H3,(H,10,14)(H,11,13);3-4,8H,12H2,1-2H3,(H,7,9)(H,10,11);3-4H,7H2,1-2H3,(H,8,9)(H,10,11)/t9?,10?,11-,12-,13-,14+,18-;9-,10-,11+,13-;4?,5?,6-;;/m000../s1.